The van der Waals surface area contributed by atoms with Gasteiger partial charge in [-0.2, -0.15) is 0 Å². The summed E-state index contributed by atoms with van der Waals surface area (Å²) in [7, 11) is 0. The summed E-state index contributed by atoms with van der Waals surface area (Å²) >= 11 is 0. The Balaban J connectivity index is 1.23. The van der Waals surface area contributed by atoms with Crippen LogP contribution in [0.2, 0.25) is 0 Å². The third-order valence-corrected chi connectivity index (χ3v) is 11.9. The molecule has 9 nitrogen and oxygen atoms in total. The molecular weight excluding hydrogens is 498 g/mol. The lowest BCUT2D eigenvalue weighted by atomic mass is 9.43. The number of carboxylic acids is 1. The highest BCUT2D eigenvalue weighted by Crippen LogP contribution is 2.68. The molecule has 0 bridgehead atoms. The van der Waals surface area contributed by atoms with Gasteiger partial charge in [-0.3, -0.25) is 4.79 Å². The maximum atomic E-state index is 12.7. The lowest BCUT2D eigenvalue weighted by Gasteiger charge is -2.63. The van der Waals surface area contributed by atoms with E-state index in [-0.39, 0.29) is 53.4 Å². The number of aliphatic hydroxyl groups is 3. The molecule has 4 fully saturated rings. The van der Waals surface area contributed by atoms with E-state index in [1.54, 1.807) is 6.20 Å². The Kier molecular flexibility index (Phi) is 7.90. The van der Waals surface area contributed by atoms with Gasteiger partial charge in [0.05, 0.1) is 24.6 Å². The van der Waals surface area contributed by atoms with Crippen molar-refractivity contribution in [2.24, 2.45) is 46.3 Å². The van der Waals surface area contributed by atoms with Crippen LogP contribution in [0.5, 0.6) is 0 Å². The smallest absolute Gasteiger partial charge is 0.326 e. The second-order valence-corrected chi connectivity index (χ2v) is 13.8. The third kappa shape index (κ3) is 5.04. The number of aliphatic carboxylic acids is 1. The molecule has 0 spiro atoms. The van der Waals surface area contributed by atoms with Gasteiger partial charge in [-0.05, 0) is 97.7 Å². The Bertz CT molecular complexity index is 1030. The molecule has 4 saturated carbocycles. The standard InChI is InChI=1S/C30H47N3O6/c1-16(4-7-24(35)33-23(28(38)39)12-17-14-31-15-32-17)19-5-6-20-25-21(9-11-29(19,20)2)30(3)10-8-18(34)13-22(30)26(36)27(25)37/h14-16,18-23,25-27,34,36-37H,4-13H2,1-3H3,(H,31,32)(H,33,35)(H,38,39). The highest BCUT2D eigenvalue weighted by molar-refractivity contribution is 5.83. The molecular formula is C30H47N3O6. The van der Waals surface area contributed by atoms with E-state index in [4.69, 9.17) is 0 Å². The van der Waals surface area contributed by atoms with Crippen LogP contribution in [-0.2, 0) is 16.0 Å². The van der Waals surface area contributed by atoms with Gasteiger partial charge in [0.15, 0.2) is 0 Å². The third-order valence-electron chi connectivity index (χ3n) is 11.9. The van der Waals surface area contributed by atoms with Crippen LogP contribution < -0.4 is 5.32 Å². The SMILES string of the molecule is CC(CCC(=O)NC(Cc1cnc[nH]1)C(=O)O)C1CCC2C3C(O)C(O)C4CC(O)CCC4(C)C3CCC12C. The molecule has 0 radical (unpaired) electrons. The molecule has 12 atom stereocenters. The van der Waals surface area contributed by atoms with Crippen LogP contribution in [0.3, 0.4) is 0 Å². The quantitative estimate of drug-likeness (QED) is 0.293. The van der Waals surface area contributed by atoms with E-state index in [1.807, 2.05) is 0 Å². The van der Waals surface area contributed by atoms with Crippen molar-refractivity contribution < 1.29 is 30.0 Å². The van der Waals surface area contributed by atoms with Crippen LogP contribution in [0, 0.1) is 46.3 Å². The van der Waals surface area contributed by atoms with Crippen LogP contribution in [0.25, 0.3) is 0 Å². The molecule has 0 aliphatic heterocycles. The summed E-state index contributed by atoms with van der Waals surface area (Å²) in [5, 5.41) is 45.3. The molecule has 1 aromatic heterocycles. The monoisotopic (exact) mass is 545 g/mol. The first-order chi connectivity index (χ1) is 18.5. The molecule has 39 heavy (non-hydrogen) atoms. The first kappa shape index (κ1) is 28.6. The Morgan fingerprint density at radius 3 is 2.46 bits per heavy atom. The molecule has 218 valence electrons. The first-order valence-corrected chi connectivity index (χ1v) is 15.0. The number of nitrogens with zero attached hydrogens (tertiary/aromatic N) is 1. The van der Waals surface area contributed by atoms with Gasteiger partial charge >= 0.3 is 5.97 Å². The Labute approximate surface area is 231 Å². The van der Waals surface area contributed by atoms with E-state index in [1.165, 1.54) is 6.33 Å². The number of H-pyrrole nitrogens is 1. The number of carbonyl (C=O) groups excluding carboxylic acids is 1. The van der Waals surface area contributed by atoms with Crippen molar-refractivity contribution in [1.29, 1.82) is 0 Å². The molecule has 12 unspecified atom stereocenters. The van der Waals surface area contributed by atoms with Gasteiger partial charge in [0.2, 0.25) is 5.91 Å². The molecule has 6 N–H and O–H groups in total. The zero-order valence-electron chi connectivity index (χ0n) is 23.6. The highest BCUT2D eigenvalue weighted by Gasteiger charge is 2.65. The summed E-state index contributed by atoms with van der Waals surface area (Å²) < 4.78 is 0. The lowest BCUT2D eigenvalue weighted by molar-refractivity contribution is -0.223. The zero-order valence-corrected chi connectivity index (χ0v) is 23.6. The minimum absolute atomic E-state index is 0.0410. The van der Waals surface area contributed by atoms with E-state index in [0.29, 0.717) is 36.3 Å². The number of aliphatic hydroxyl groups excluding tert-OH is 3. The van der Waals surface area contributed by atoms with Gasteiger partial charge in [-0.1, -0.05) is 20.8 Å². The van der Waals surface area contributed by atoms with Crippen molar-refractivity contribution in [1.82, 2.24) is 15.3 Å². The summed E-state index contributed by atoms with van der Waals surface area (Å²) in [4.78, 5) is 31.3. The summed E-state index contributed by atoms with van der Waals surface area (Å²) in [6, 6.07) is -0.998. The van der Waals surface area contributed by atoms with Gasteiger partial charge in [0, 0.05) is 24.7 Å². The van der Waals surface area contributed by atoms with E-state index in [0.717, 1.165) is 38.5 Å². The van der Waals surface area contributed by atoms with Gasteiger partial charge in [0.25, 0.3) is 0 Å². The molecule has 4 aliphatic rings. The molecule has 1 heterocycles. The highest BCUT2D eigenvalue weighted by atomic mass is 16.4. The van der Waals surface area contributed by atoms with Crippen molar-refractivity contribution in [3.8, 4) is 0 Å². The van der Waals surface area contributed by atoms with E-state index >= 15 is 0 Å². The number of aromatic amines is 1. The average Bonchev–Trinajstić information content (AvgIpc) is 3.53. The molecule has 9 heteroatoms. The average molecular weight is 546 g/mol. The van der Waals surface area contributed by atoms with Crippen molar-refractivity contribution in [3.05, 3.63) is 18.2 Å². The van der Waals surface area contributed by atoms with Crippen molar-refractivity contribution in [2.75, 3.05) is 0 Å². The zero-order chi connectivity index (χ0) is 28.1. The number of rotatable bonds is 8. The van der Waals surface area contributed by atoms with Crippen LogP contribution in [-0.4, -0.2) is 66.6 Å². The second kappa shape index (κ2) is 10.8. The summed E-state index contributed by atoms with van der Waals surface area (Å²) in [5.41, 5.74) is 0.651. The number of nitrogens with one attached hydrogen (secondary N) is 2. The lowest BCUT2D eigenvalue weighted by Crippen LogP contribution is -2.64. The van der Waals surface area contributed by atoms with Crippen molar-refractivity contribution >= 4 is 11.9 Å². The maximum Gasteiger partial charge on any atom is 0.326 e. The van der Waals surface area contributed by atoms with E-state index < -0.39 is 24.2 Å². The van der Waals surface area contributed by atoms with Crippen LogP contribution >= 0.6 is 0 Å². The molecule has 4 aliphatic carbocycles. The van der Waals surface area contributed by atoms with E-state index in [9.17, 15) is 30.0 Å². The molecule has 5 rings (SSSR count). The number of carbonyl (C=O) groups is 2. The van der Waals surface area contributed by atoms with Crippen LogP contribution in [0.15, 0.2) is 12.5 Å². The Hall–Kier alpha value is -1.97. The predicted molar refractivity (Wildman–Crippen MR) is 144 cm³/mol. The topological polar surface area (TPSA) is 156 Å². The van der Waals surface area contributed by atoms with Crippen LogP contribution in [0.1, 0.15) is 84.3 Å². The fourth-order valence-corrected chi connectivity index (χ4v) is 9.86. The first-order valence-electron chi connectivity index (χ1n) is 15.0. The molecule has 0 aromatic carbocycles. The van der Waals surface area contributed by atoms with Gasteiger partial charge in [-0.25, -0.2) is 9.78 Å². The maximum absolute atomic E-state index is 12.7. The normalized spacial score (nSPS) is 43.0. The number of fused-ring (bicyclic) bond motifs is 5. The fourth-order valence-electron chi connectivity index (χ4n) is 9.86. The fraction of sp³-hybridized carbons (Fsp3) is 0.833. The van der Waals surface area contributed by atoms with Gasteiger partial charge in [-0.15, -0.1) is 0 Å². The minimum Gasteiger partial charge on any atom is -0.480 e. The number of hydrogen-bond donors (Lipinski definition) is 6. The largest absolute Gasteiger partial charge is 0.480 e. The Morgan fingerprint density at radius 2 is 1.77 bits per heavy atom. The summed E-state index contributed by atoms with van der Waals surface area (Å²) in [5.74, 6) is 0.0872. The van der Waals surface area contributed by atoms with Crippen molar-refractivity contribution in [3.63, 3.8) is 0 Å². The predicted octanol–water partition coefficient (Wildman–Crippen LogP) is 2.90. The van der Waals surface area contributed by atoms with Gasteiger partial charge in [0.1, 0.15) is 6.04 Å². The number of aromatic nitrogens is 2. The number of imidazole rings is 1. The number of carboxylic acid groups (broad SMARTS) is 1. The number of amides is 1. The molecule has 0 saturated heterocycles. The minimum atomic E-state index is -1.06. The molecule has 1 amide bonds. The number of hydrogen-bond acceptors (Lipinski definition) is 6. The second-order valence-electron chi connectivity index (χ2n) is 13.8. The van der Waals surface area contributed by atoms with Crippen molar-refractivity contribution in [2.45, 2.75) is 109 Å². The summed E-state index contributed by atoms with van der Waals surface area (Å²) in [6.45, 7) is 6.87. The van der Waals surface area contributed by atoms with Gasteiger partial charge < -0.3 is 30.7 Å². The van der Waals surface area contributed by atoms with E-state index in [2.05, 4.69) is 36.1 Å². The van der Waals surface area contributed by atoms with Crippen LogP contribution in [0.4, 0.5) is 0 Å². The molecule has 1 aromatic rings. The Morgan fingerprint density at radius 1 is 1.05 bits per heavy atom. The summed E-state index contributed by atoms with van der Waals surface area (Å²) in [6.07, 6.45) is 8.68.